The van der Waals surface area contributed by atoms with Crippen LogP contribution in [0.1, 0.15) is 48.4 Å². The zero-order valence-electron chi connectivity index (χ0n) is 20.7. The number of hydrogen-bond donors (Lipinski definition) is 1. The Morgan fingerprint density at radius 1 is 0.973 bits per heavy atom. The molecule has 2 fully saturated rings. The highest BCUT2D eigenvalue weighted by molar-refractivity contribution is 7.92. The van der Waals surface area contributed by atoms with E-state index in [1.54, 1.807) is 0 Å². The summed E-state index contributed by atoms with van der Waals surface area (Å²) < 4.78 is 103. The number of likely N-dealkylation sites (tertiary alicyclic amines) is 1. The average Bonchev–Trinajstić information content (AvgIpc) is 3.13. The summed E-state index contributed by atoms with van der Waals surface area (Å²) >= 11 is 0. The van der Waals surface area contributed by atoms with Crippen LogP contribution in [0.15, 0.2) is 36.4 Å². The number of rotatable bonds is 5. The lowest BCUT2D eigenvalue weighted by Gasteiger charge is -2.37. The Bertz CT molecular complexity index is 1270. The number of halogens is 6. The molecular formula is C26H29F6NO3S. The summed E-state index contributed by atoms with van der Waals surface area (Å²) in [7, 11) is -2.92. The third-order valence-electron chi connectivity index (χ3n) is 7.47. The molecule has 0 aromatic heterocycles. The van der Waals surface area contributed by atoms with Crippen LogP contribution in [0.25, 0.3) is 11.1 Å². The van der Waals surface area contributed by atoms with Crippen LogP contribution in [0.5, 0.6) is 0 Å². The molecule has 2 heterocycles. The minimum Gasteiger partial charge on any atom is -0.369 e. The Hall–Kier alpha value is -2.11. The summed E-state index contributed by atoms with van der Waals surface area (Å²) in [4.78, 5) is 2.21. The smallest absolute Gasteiger partial charge is 0.369 e. The molecule has 2 aromatic carbocycles. The lowest BCUT2D eigenvalue weighted by atomic mass is 9.85. The number of aryl methyl sites for hydroxylation is 1. The summed E-state index contributed by atoms with van der Waals surface area (Å²) in [5, 5.41) is 9.76. The van der Waals surface area contributed by atoms with Crippen molar-refractivity contribution in [2.24, 2.45) is 5.41 Å². The lowest BCUT2D eigenvalue weighted by Crippen LogP contribution is -2.53. The highest BCUT2D eigenvalue weighted by Gasteiger charge is 2.71. The van der Waals surface area contributed by atoms with Gasteiger partial charge in [0.2, 0.25) is 0 Å². The van der Waals surface area contributed by atoms with Gasteiger partial charge in [-0.25, -0.2) is 8.42 Å². The Morgan fingerprint density at radius 2 is 1.57 bits per heavy atom. The summed E-state index contributed by atoms with van der Waals surface area (Å²) in [6, 6.07) is 8.28. The van der Waals surface area contributed by atoms with Gasteiger partial charge in [-0.15, -0.1) is 0 Å². The first kappa shape index (κ1) is 27.9. The highest BCUT2D eigenvalue weighted by Crippen LogP contribution is 2.50. The topological polar surface area (TPSA) is 57.6 Å². The van der Waals surface area contributed by atoms with Crippen molar-refractivity contribution in [3.8, 4) is 11.1 Å². The van der Waals surface area contributed by atoms with E-state index >= 15 is 0 Å². The van der Waals surface area contributed by atoms with Gasteiger partial charge in [0.15, 0.2) is 9.84 Å². The summed E-state index contributed by atoms with van der Waals surface area (Å²) in [5.74, 6) is 0.456. The van der Waals surface area contributed by atoms with E-state index in [4.69, 9.17) is 0 Å². The second-order valence-corrected chi connectivity index (χ2v) is 12.9. The third-order valence-corrected chi connectivity index (χ3v) is 9.57. The molecule has 1 spiro atoms. The zero-order valence-corrected chi connectivity index (χ0v) is 21.5. The fourth-order valence-electron chi connectivity index (χ4n) is 5.66. The molecule has 0 amide bonds. The molecule has 204 valence electrons. The first-order valence-corrected chi connectivity index (χ1v) is 13.7. The number of hydrogen-bond acceptors (Lipinski definition) is 4. The molecule has 0 bridgehead atoms. The van der Waals surface area contributed by atoms with Crippen LogP contribution in [0.3, 0.4) is 0 Å². The minimum absolute atomic E-state index is 0.0120. The molecule has 1 N–H and O–H groups in total. The molecule has 11 heteroatoms. The van der Waals surface area contributed by atoms with Gasteiger partial charge in [-0.3, -0.25) is 4.90 Å². The Balaban J connectivity index is 1.62. The molecule has 0 aliphatic carbocycles. The predicted octanol–water partition coefficient (Wildman–Crippen LogP) is 5.72. The van der Waals surface area contributed by atoms with Crippen LogP contribution < -0.4 is 0 Å². The fraction of sp³-hybridized carbons (Fsp3) is 0.538. The van der Waals surface area contributed by atoms with E-state index in [0.29, 0.717) is 30.3 Å². The maximum Gasteiger partial charge on any atom is 0.430 e. The maximum absolute atomic E-state index is 13.3. The molecule has 2 aromatic rings. The molecule has 2 saturated heterocycles. The Kier molecular flexibility index (Phi) is 6.78. The van der Waals surface area contributed by atoms with Crippen molar-refractivity contribution in [3.05, 3.63) is 58.7 Å². The van der Waals surface area contributed by atoms with Crippen LogP contribution in [0, 0.1) is 12.3 Å². The van der Waals surface area contributed by atoms with Crippen molar-refractivity contribution in [3.63, 3.8) is 0 Å². The minimum atomic E-state index is -5.94. The van der Waals surface area contributed by atoms with E-state index in [9.17, 15) is 39.9 Å². The highest BCUT2D eigenvalue weighted by atomic mass is 32.2. The molecule has 4 nitrogen and oxygen atoms in total. The van der Waals surface area contributed by atoms with Gasteiger partial charge in [0, 0.05) is 24.1 Å². The number of sulfone groups is 1. The van der Waals surface area contributed by atoms with Crippen LogP contribution in [-0.4, -0.2) is 55.4 Å². The standard InChI is InChI=1S/C26H29F6NO3S/c1-16(2)22-11-18(12-33-9-8-23(13-33)14-37(35,36)15-23)4-6-21(22)20-7-5-19(10-17(20)3)24(34,25(27,28)29)26(30,31)32/h4-7,10-11,16,34H,8-9,12-15H2,1-3H3. The summed E-state index contributed by atoms with van der Waals surface area (Å²) in [5.41, 5.74) is -3.20. The van der Waals surface area contributed by atoms with Gasteiger partial charge < -0.3 is 5.11 Å². The van der Waals surface area contributed by atoms with Crippen molar-refractivity contribution in [1.29, 1.82) is 0 Å². The molecule has 0 atom stereocenters. The van der Waals surface area contributed by atoms with Crippen molar-refractivity contribution in [2.45, 2.75) is 57.6 Å². The SMILES string of the molecule is Cc1cc(C(O)(C(F)(F)F)C(F)(F)F)ccc1-c1ccc(CN2CCC3(C2)CS(=O)(=O)C3)cc1C(C)C. The third kappa shape index (κ3) is 5.02. The van der Waals surface area contributed by atoms with Gasteiger partial charge in [-0.1, -0.05) is 50.2 Å². The quantitative estimate of drug-likeness (QED) is 0.485. The second kappa shape index (κ2) is 8.98. The van der Waals surface area contributed by atoms with Gasteiger partial charge in [-0.2, -0.15) is 26.3 Å². The first-order chi connectivity index (χ1) is 16.9. The number of alkyl halides is 6. The summed E-state index contributed by atoms with van der Waals surface area (Å²) in [6.07, 6.45) is -11.1. The van der Waals surface area contributed by atoms with Gasteiger partial charge in [0.1, 0.15) is 0 Å². The average molecular weight is 550 g/mol. The van der Waals surface area contributed by atoms with Crippen molar-refractivity contribution in [1.82, 2.24) is 4.90 Å². The van der Waals surface area contributed by atoms with Gasteiger partial charge in [0.25, 0.3) is 5.60 Å². The Labute approximate surface area is 212 Å². The zero-order chi connectivity index (χ0) is 27.6. The molecule has 0 unspecified atom stereocenters. The fourth-order valence-corrected chi connectivity index (χ4v) is 7.91. The molecule has 37 heavy (non-hydrogen) atoms. The van der Waals surface area contributed by atoms with E-state index in [1.807, 2.05) is 32.0 Å². The molecule has 2 aliphatic rings. The maximum atomic E-state index is 13.3. The van der Waals surface area contributed by atoms with Crippen molar-refractivity contribution in [2.75, 3.05) is 24.6 Å². The summed E-state index contributed by atoms with van der Waals surface area (Å²) in [6.45, 7) is 7.41. The first-order valence-electron chi connectivity index (χ1n) is 11.9. The second-order valence-electron chi connectivity index (χ2n) is 10.8. The van der Waals surface area contributed by atoms with E-state index in [1.165, 1.54) is 13.0 Å². The van der Waals surface area contributed by atoms with E-state index < -0.39 is 33.4 Å². The van der Waals surface area contributed by atoms with Crippen LogP contribution in [-0.2, 0) is 22.0 Å². The van der Waals surface area contributed by atoms with Gasteiger partial charge in [0.05, 0.1) is 11.5 Å². The molecule has 4 rings (SSSR count). The van der Waals surface area contributed by atoms with E-state index in [-0.39, 0.29) is 28.4 Å². The monoisotopic (exact) mass is 549 g/mol. The molecule has 0 radical (unpaired) electrons. The Morgan fingerprint density at radius 3 is 2.08 bits per heavy atom. The largest absolute Gasteiger partial charge is 0.430 e. The number of benzene rings is 2. The van der Waals surface area contributed by atoms with Crippen LogP contribution in [0.4, 0.5) is 26.3 Å². The number of aliphatic hydroxyl groups is 1. The lowest BCUT2D eigenvalue weighted by molar-refractivity contribution is -0.376. The van der Waals surface area contributed by atoms with Gasteiger partial charge in [-0.05, 0) is 53.6 Å². The van der Waals surface area contributed by atoms with E-state index in [0.717, 1.165) is 30.2 Å². The predicted molar refractivity (Wildman–Crippen MR) is 128 cm³/mol. The number of nitrogens with zero attached hydrogens (tertiary/aromatic N) is 1. The van der Waals surface area contributed by atoms with Crippen molar-refractivity contribution >= 4 is 9.84 Å². The van der Waals surface area contributed by atoms with Crippen molar-refractivity contribution < 1.29 is 39.9 Å². The van der Waals surface area contributed by atoms with Crippen LogP contribution >= 0.6 is 0 Å². The van der Waals surface area contributed by atoms with Gasteiger partial charge >= 0.3 is 12.4 Å². The molecular weight excluding hydrogens is 520 g/mol. The molecule has 2 aliphatic heterocycles. The van der Waals surface area contributed by atoms with E-state index in [2.05, 4.69) is 4.90 Å². The van der Waals surface area contributed by atoms with Crippen LogP contribution in [0.2, 0.25) is 0 Å². The molecule has 0 saturated carbocycles. The normalized spacial score (nSPS) is 20.0.